The molecular formula is C21H15Cl2NO3. The summed E-state index contributed by atoms with van der Waals surface area (Å²) in [4.78, 5) is 26.5. The minimum Gasteiger partial charge on any atom is -0.444 e. The highest BCUT2D eigenvalue weighted by atomic mass is 35.5. The predicted octanol–water partition coefficient (Wildman–Crippen LogP) is 5.88. The summed E-state index contributed by atoms with van der Waals surface area (Å²) in [6, 6.07) is 16.5. The highest BCUT2D eigenvalue weighted by molar-refractivity contribution is 6.35. The molecule has 0 fully saturated rings. The maximum Gasteiger partial charge on any atom is 0.414 e. The lowest BCUT2D eigenvalue weighted by molar-refractivity contribution is 0.0977. The van der Waals surface area contributed by atoms with Gasteiger partial charge < -0.3 is 4.74 Å². The Bertz CT molecular complexity index is 1060. The molecule has 0 saturated heterocycles. The van der Waals surface area contributed by atoms with E-state index in [1.807, 2.05) is 36.4 Å². The quantitative estimate of drug-likeness (QED) is 0.540. The molecule has 27 heavy (non-hydrogen) atoms. The van der Waals surface area contributed by atoms with E-state index in [-0.39, 0.29) is 25.4 Å². The molecule has 136 valence electrons. The van der Waals surface area contributed by atoms with Crippen LogP contribution in [0.25, 0.3) is 10.8 Å². The monoisotopic (exact) mass is 399 g/mol. The summed E-state index contributed by atoms with van der Waals surface area (Å²) in [5, 5.41) is 2.89. The first-order chi connectivity index (χ1) is 13.0. The van der Waals surface area contributed by atoms with Crippen molar-refractivity contribution < 1.29 is 14.3 Å². The second kappa shape index (κ2) is 7.22. The van der Waals surface area contributed by atoms with Crippen molar-refractivity contribution >= 4 is 51.5 Å². The van der Waals surface area contributed by atoms with Crippen LogP contribution in [-0.2, 0) is 11.3 Å². The predicted molar refractivity (Wildman–Crippen MR) is 107 cm³/mol. The van der Waals surface area contributed by atoms with Crippen LogP contribution in [0.2, 0.25) is 10.0 Å². The van der Waals surface area contributed by atoms with Gasteiger partial charge in [-0.15, -0.1) is 0 Å². The number of hydrogen-bond acceptors (Lipinski definition) is 3. The van der Waals surface area contributed by atoms with E-state index in [4.69, 9.17) is 27.9 Å². The Kier molecular flexibility index (Phi) is 4.77. The lowest BCUT2D eigenvalue weighted by Crippen LogP contribution is -2.37. The number of ether oxygens (including phenoxy) is 1. The van der Waals surface area contributed by atoms with E-state index in [1.54, 1.807) is 18.2 Å². The van der Waals surface area contributed by atoms with Crippen molar-refractivity contribution in [2.24, 2.45) is 0 Å². The minimum absolute atomic E-state index is 0.0283. The number of carbonyl (C=O) groups is 2. The van der Waals surface area contributed by atoms with E-state index in [0.717, 1.165) is 10.8 Å². The van der Waals surface area contributed by atoms with E-state index in [0.29, 0.717) is 26.9 Å². The minimum atomic E-state index is -0.509. The molecule has 1 aliphatic heterocycles. The van der Waals surface area contributed by atoms with Gasteiger partial charge in [0.05, 0.1) is 5.69 Å². The molecule has 0 aliphatic carbocycles. The Morgan fingerprint density at radius 3 is 2.52 bits per heavy atom. The van der Waals surface area contributed by atoms with E-state index in [1.165, 1.54) is 4.90 Å². The van der Waals surface area contributed by atoms with Gasteiger partial charge in [-0.25, -0.2) is 4.79 Å². The second-order valence-corrected chi connectivity index (χ2v) is 7.18. The molecule has 4 rings (SSSR count). The fourth-order valence-electron chi connectivity index (χ4n) is 3.19. The van der Waals surface area contributed by atoms with Crippen LogP contribution in [-0.4, -0.2) is 18.4 Å². The van der Waals surface area contributed by atoms with Crippen molar-refractivity contribution in [2.75, 3.05) is 11.4 Å². The molecule has 4 nitrogen and oxygen atoms in total. The van der Waals surface area contributed by atoms with Gasteiger partial charge in [0.2, 0.25) is 0 Å². The number of anilines is 1. The van der Waals surface area contributed by atoms with Crippen LogP contribution < -0.4 is 4.90 Å². The van der Waals surface area contributed by atoms with Gasteiger partial charge in [-0.3, -0.25) is 9.69 Å². The third-order valence-corrected chi connectivity index (χ3v) is 5.19. The number of Topliss-reactive ketones (excluding diaryl/α,β-unsaturated/α-hetero) is 1. The summed E-state index contributed by atoms with van der Waals surface area (Å²) in [6.45, 7) is 0.319. The van der Waals surface area contributed by atoms with Gasteiger partial charge in [0.25, 0.3) is 0 Å². The SMILES string of the molecule is O=C1CCN(C(=O)OCc2ccc(Cl)cc2Cl)c2cc3ccccc3cc21. The normalized spacial score (nSPS) is 13.6. The Morgan fingerprint density at radius 1 is 1.04 bits per heavy atom. The van der Waals surface area contributed by atoms with Crippen molar-refractivity contribution in [3.05, 3.63) is 75.8 Å². The van der Waals surface area contributed by atoms with Crippen molar-refractivity contribution in [1.82, 2.24) is 0 Å². The molecule has 3 aromatic rings. The molecule has 0 saturated carbocycles. The average Bonchev–Trinajstić information content (AvgIpc) is 2.66. The smallest absolute Gasteiger partial charge is 0.414 e. The highest BCUT2D eigenvalue weighted by Gasteiger charge is 2.28. The van der Waals surface area contributed by atoms with E-state index in [9.17, 15) is 9.59 Å². The van der Waals surface area contributed by atoms with Crippen LogP contribution in [0.15, 0.2) is 54.6 Å². The number of fused-ring (bicyclic) bond motifs is 2. The number of rotatable bonds is 2. The van der Waals surface area contributed by atoms with Gasteiger partial charge in [-0.2, -0.15) is 0 Å². The Morgan fingerprint density at radius 2 is 1.78 bits per heavy atom. The molecule has 0 unspecified atom stereocenters. The fraction of sp³-hybridized carbons (Fsp3) is 0.143. The van der Waals surface area contributed by atoms with Crippen molar-refractivity contribution in [2.45, 2.75) is 13.0 Å². The molecule has 6 heteroatoms. The zero-order chi connectivity index (χ0) is 19.0. The summed E-state index contributed by atoms with van der Waals surface area (Å²) in [5.74, 6) is 0.0283. The largest absolute Gasteiger partial charge is 0.444 e. The van der Waals surface area contributed by atoms with Crippen LogP contribution >= 0.6 is 23.2 Å². The Balaban J connectivity index is 1.61. The summed E-state index contributed by atoms with van der Waals surface area (Å²) in [7, 11) is 0. The molecule has 0 N–H and O–H groups in total. The van der Waals surface area contributed by atoms with Crippen LogP contribution in [0.3, 0.4) is 0 Å². The molecule has 1 amide bonds. The first kappa shape index (κ1) is 17.8. The molecule has 0 spiro atoms. The third-order valence-electron chi connectivity index (χ3n) is 4.60. The summed E-state index contributed by atoms with van der Waals surface area (Å²) < 4.78 is 5.44. The number of halogens is 2. The van der Waals surface area contributed by atoms with Crippen LogP contribution in [0.5, 0.6) is 0 Å². The summed E-state index contributed by atoms with van der Waals surface area (Å²) in [5.41, 5.74) is 1.79. The molecule has 0 aromatic heterocycles. The van der Waals surface area contributed by atoms with Crippen molar-refractivity contribution in [3.8, 4) is 0 Å². The maximum absolute atomic E-state index is 12.7. The molecule has 0 radical (unpaired) electrons. The summed E-state index contributed by atoms with van der Waals surface area (Å²) in [6.07, 6.45) is -0.243. The number of nitrogens with zero attached hydrogens (tertiary/aromatic N) is 1. The van der Waals surface area contributed by atoms with Gasteiger partial charge in [-0.1, -0.05) is 53.5 Å². The lowest BCUT2D eigenvalue weighted by Gasteiger charge is -2.28. The van der Waals surface area contributed by atoms with Gasteiger partial charge in [0.15, 0.2) is 5.78 Å². The van der Waals surface area contributed by atoms with Crippen LogP contribution in [0.1, 0.15) is 22.3 Å². The number of hydrogen-bond donors (Lipinski definition) is 0. The second-order valence-electron chi connectivity index (χ2n) is 6.33. The average molecular weight is 400 g/mol. The third kappa shape index (κ3) is 3.51. The standard InChI is InChI=1S/C21H15Cl2NO3/c22-16-6-5-15(18(23)11-16)12-27-21(26)24-8-7-20(25)17-9-13-3-1-2-4-14(13)10-19(17)24/h1-6,9-11H,7-8,12H2. The van der Waals surface area contributed by atoms with Gasteiger partial charge in [0.1, 0.15) is 6.61 Å². The van der Waals surface area contributed by atoms with Gasteiger partial charge >= 0.3 is 6.09 Å². The lowest BCUT2D eigenvalue weighted by atomic mass is 9.97. The molecule has 0 atom stereocenters. The first-order valence-corrected chi connectivity index (χ1v) is 9.23. The van der Waals surface area contributed by atoms with Crippen molar-refractivity contribution in [1.29, 1.82) is 0 Å². The first-order valence-electron chi connectivity index (χ1n) is 8.47. The zero-order valence-corrected chi connectivity index (χ0v) is 15.8. The van der Waals surface area contributed by atoms with E-state index < -0.39 is 6.09 Å². The number of carbonyl (C=O) groups excluding carboxylic acids is 2. The van der Waals surface area contributed by atoms with E-state index in [2.05, 4.69) is 0 Å². The maximum atomic E-state index is 12.7. The summed E-state index contributed by atoms with van der Waals surface area (Å²) >= 11 is 12.0. The highest BCUT2D eigenvalue weighted by Crippen LogP contribution is 2.32. The zero-order valence-electron chi connectivity index (χ0n) is 14.2. The number of ketones is 1. The molecule has 0 bridgehead atoms. The fourth-order valence-corrected chi connectivity index (χ4v) is 3.65. The topological polar surface area (TPSA) is 46.6 Å². The molecule has 3 aromatic carbocycles. The van der Waals surface area contributed by atoms with Crippen LogP contribution in [0.4, 0.5) is 10.5 Å². The van der Waals surface area contributed by atoms with E-state index >= 15 is 0 Å². The number of amides is 1. The Hall–Kier alpha value is -2.56. The molecule has 1 heterocycles. The molecule has 1 aliphatic rings. The van der Waals surface area contributed by atoms with Gasteiger partial charge in [-0.05, 0) is 35.0 Å². The Labute approximate surface area is 166 Å². The van der Waals surface area contributed by atoms with Crippen molar-refractivity contribution in [3.63, 3.8) is 0 Å². The molecular weight excluding hydrogens is 385 g/mol. The van der Waals surface area contributed by atoms with Crippen LogP contribution in [0, 0.1) is 0 Å². The number of benzene rings is 3. The van der Waals surface area contributed by atoms with Gasteiger partial charge in [0, 0.05) is 34.1 Å².